The lowest BCUT2D eigenvalue weighted by Gasteiger charge is -2.27. The van der Waals surface area contributed by atoms with Crippen LogP contribution in [0, 0.1) is 11.3 Å². The van der Waals surface area contributed by atoms with E-state index in [9.17, 15) is 0 Å². The Kier molecular flexibility index (Phi) is 5.18. The minimum atomic E-state index is 0.169. The van der Waals surface area contributed by atoms with Gasteiger partial charge >= 0.3 is 0 Å². The van der Waals surface area contributed by atoms with Crippen LogP contribution >= 0.6 is 0 Å². The first-order chi connectivity index (χ1) is 12.0. The standard InChI is InChI=1S/C23H26N2/c1-23(2,3)21-16-10-13-19(21)17-22(18-11-6-4-7-12-18)25-24-20-14-8-5-9-15-20/h4-16,19,24H,17H2,1-3H3. The summed E-state index contributed by atoms with van der Waals surface area (Å²) in [6.45, 7) is 6.83. The van der Waals surface area contributed by atoms with Crippen LogP contribution in [-0.4, -0.2) is 5.71 Å². The summed E-state index contributed by atoms with van der Waals surface area (Å²) in [5.74, 6) is 0.400. The number of hydrazone groups is 1. The van der Waals surface area contributed by atoms with Gasteiger partial charge in [0.2, 0.25) is 0 Å². The molecule has 25 heavy (non-hydrogen) atoms. The molecule has 2 nitrogen and oxygen atoms in total. The van der Waals surface area contributed by atoms with E-state index in [1.54, 1.807) is 0 Å². The topological polar surface area (TPSA) is 24.4 Å². The molecule has 1 atom stereocenters. The number of allylic oxidation sites excluding steroid dienone is 4. The van der Waals surface area contributed by atoms with Crippen LogP contribution in [0.4, 0.5) is 5.69 Å². The van der Waals surface area contributed by atoms with Crippen LogP contribution in [0.3, 0.4) is 0 Å². The number of hydrogen-bond donors (Lipinski definition) is 1. The quantitative estimate of drug-likeness (QED) is 0.523. The van der Waals surface area contributed by atoms with Crippen molar-refractivity contribution in [3.63, 3.8) is 0 Å². The van der Waals surface area contributed by atoms with Crippen LogP contribution in [0.1, 0.15) is 32.8 Å². The molecule has 1 aliphatic carbocycles. The molecule has 1 N–H and O–H groups in total. The largest absolute Gasteiger partial charge is 0.278 e. The molecular formula is C23H26N2. The normalized spacial score (nSPS) is 17.5. The van der Waals surface area contributed by atoms with Gasteiger partial charge in [0.15, 0.2) is 0 Å². The summed E-state index contributed by atoms with van der Waals surface area (Å²) in [5.41, 5.74) is 8.10. The average molecular weight is 330 g/mol. The van der Waals surface area contributed by atoms with E-state index in [1.807, 2.05) is 36.4 Å². The second-order valence-corrected chi connectivity index (χ2v) is 7.47. The Bertz CT molecular complexity index is 778. The number of rotatable bonds is 5. The number of benzene rings is 2. The lowest BCUT2D eigenvalue weighted by molar-refractivity contribution is 0.460. The second kappa shape index (κ2) is 7.52. The van der Waals surface area contributed by atoms with Crippen molar-refractivity contribution < 1.29 is 0 Å². The van der Waals surface area contributed by atoms with Crippen LogP contribution in [0.25, 0.3) is 0 Å². The van der Waals surface area contributed by atoms with Gasteiger partial charge in [-0.2, -0.15) is 5.10 Å². The summed E-state index contributed by atoms with van der Waals surface area (Å²) in [4.78, 5) is 0. The van der Waals surface area contributed by atoms with Gasteiger partial charge in [-0.05, 0) is 23.1 Å². The van der Waals surface area contributed by atoms with Gasteiger partial charge in [-0.3, -0.25) is 5.43 Å². The number of para-hydroxylation sites is 1. The van der Waals surface area contributed by atoms with E-state index >= 15 is 0 Å². The van der Waals surface area contributed by atoms with Gasteiger partial charge in [-0.1, -0.05) is 93.1 Å². The van der Waals surface area contributed by atoms with Gasteiger partial charge in [0, 0.05) is 12.3 Å². The van der Waals surface area contributed by atoms with Crippen molar-refractivity contribution in [2.45, 2.75) is 27.2 Å². The van der Waals surface area contributed by atoms with E-state index in [-0.39, 0.29) is 5.41 Å². The van der Waals surface area contributed by atoms with E-state index in [0.717, 1.165) is 17.8 Å². The Labute approximate surface area is 151 Å². The van der Waals surface area contributed by atoms with Gasteiger partial charge < -0.3 is 0 Å². The minimum absolute atomic E-state index is 0.169. The molecule has 1 unspecified atom stereocenters. The molecule has 0 radical (unpaired) electrons. The van der Waals surface area contributed by atoms with Gasteiger partial charge in [0.25, 0.3) is 0 Å². The molecule has 0 aliphatic heterocycles. The summed E-state index contributed by atoms with van der Waals surface area (Å²) >= 11 is 0. The maximum atomic E-state index is 4.75. The lowest BCUT2D eigenvalue weighted by Crippen LogP contribution is -2.18. The third-order valence-corrected chi connectivity index (χ3v) is 4.50. The summed E-state index contributed by atoms with van der Waals surface area (Å²) in [6.07, 6.45) is 7.63. The van der Waals surface area contributed by atoms with Crippen LogP contribution in [0.5, 0.6) is 0 Å². The monoisotopic (exact) mass is 330 g/mol. The predicted octanol–water partition coefficient (Wildman–Crippen LogP) is 6.05. The molecule has 0 spiro atoms. The Morgan fingerprint density at radius 3 is 2.24 bits per heavy atom. The molecule has 0 bridgehead atoms. The van der Waals surface area contributed by atoms with Crippen molar-refractivity contribution in [2.24, 2.45) is 16.4 Å². The van der Waals surface area contributed by atoms with E-state index in [1.165, 1.54) is 11.1 Å². The zero-order chi connectivity index (χ0) is 17.7. The highest BCUT2D eigenvalue weighted by Crippen LogP contribution is 2.37. The Hall–Kier alpha value is -2.61. The fourth-order valence-electron chi connectivity index (χ4n) is 3.22. The van der Waals surface area contributed by atoms with Crippen molar-refractivity contribution in [2.75, 3.05) is 5.43 Å². The van der Waals surface area contributed by atoms with Gasteiger partial charge in [-0.15, -0.1) is 0 Å². The molecule has 0 heterocycles. The number of nitrogens with one attached hydrogen (secondary N) is 1. The molecule has 0 amide bonds. The van der Waals surface area contributed by atoms with Crippen LogP contribution < -0.4 is 5.43 Å². The summed E-state index contributed by atoms with van der Waals surface area (Å²) in [6, 6.07) is 20.5. The maximum absolute atomic E-state index is 4.75. The lowest BCUT2D eigenvalue weighted by atomic mass is 9.78. The third-order valence-electron chi connectivity index (χ3n) is 4.50. The van der Waals surface area contributed by atoms with Crippen molar-refractivity contribution in [3.05, 3.63) is 90.0 Å². The number of anilines is 1. The van der Waals surface area contributed by atoms with E-state index in [0.29, 0.717) is 5.92 Å². The average Bonchev–Trinajstić information content (AvgIpc) is 3.09. The smallest absolute Gasteiger partial charge is 0.0688 e. The SMILES string of the molecule is CC(C)(C)C1=CC=CC1CC(=NNc1ccccc1)c1ccccc1. The zero-order valence-electron chi connectivity index (χ0n) is 15.2. The molecule has 2 aromatic rings. The molecule has 2 aromatic carbocycles. The maximum Gasteiger partial charge on any atom is 0.0688 e. The molecule has 3 rings (SSSR count). The van der Waals surface area contributed by atoms with E-state index in [4.69, 9.17) is 5.10 Å². The molecular weight excluding hydrogens is 304 g/mol. The molecule has 0 saturated heterocycles. The van der Waals surface area contributed by atoms with Crippen molar-refractivity contribution in [3.8, 4) is 0 Å². The van der Waals surface area contributed by atoms with Gasteiger partial charge in [-0.25, -0.2) is 0 Å². The molecule has 128 valence electrons. The first kappa shape index (κ1) is 17.2. The molecule has 1 aliphatic rings. The fraction of sp³-hybridized carbons (Fsp3) is 0.261. The van der Waals surface area contributed by atoms with Gasteiger partial charge in [0.05, 0.1) is 11.4 Å². The highest BCUT2D eigenvalue weighted by Gasteiger charge is 2.27. The molecule has 0 saturated carbocycles. The van der Waals surface area contributed by atoms with E-state index < -0.39 is 0 Å². The van der Waals surface area contributed by atoms with Crippen molar-refractivity contribution in [1.82, 2.24) is 0 Å². The highest BCUT2D eigenvalue weighted by atomic mass is 15.3. The Morgan fingerprint density at radius 2 is 1.60 bits per heavy atom. The first-order valence-electron chi connectivity index (χ1n) is 8.86. The second-order valence-electron chi connectivity index (χ2n) is 7.47. The molecule has 0 fully saturated rings. The van der Waals surface area contributed by atoms with Gasteiger partial charge in [0.1, 0.15) is 0 Å². The predicted molar refractivity (Wildman–Crippen MR) is 108 cm³/mol. The number of nitrogens with zero attached hydrogens (tertiary/aromatic N) is 1. The zero-order valence-corrected chi connectivity index (χ0v) is 15.2. The summed E-state index contributed by atoms with van der Waals surface area (Å²) in [7, 11) is 0. The number of hydrogen-bond acceptors (Lipinski definition) is 2. The Morgan fingerprint density at radius 1 is 0.960 bits per heavy atom. The highest BCUT2D eigenvalue weighted by molar-refractivity contribution is 6.01. The third kappa shape index (κ3) is 4.48. The minimum Gasteiger partial charge on any atom is -0.278 e. The Balaban J connectivity index is 1.85. The van der Waals surface area contributed by atoms with Crippen LogP contribution in [0.15, 0.2) is 89.6 Å². The van der Waals surface area contributed by atoms with Crippen LogP contribution in [0.2, 0.25) is 0 Å². The molecule has 0 aromatic heterocycles. The summed E-state index contributed by atoms with van der Waals surface area (Å²) in [5, 5.41) is 4.75. The summed E-state index contributed by atoms with van der Waals surface area (Å²) < 4.78 is 0. The molecule has 2 heteroatoms. The van der Waals surface area contributed by atoms with Crippen molar-refractivity contribution >= 4 is 11.4 Å². The van der Waals surface area contributed by atoms with Crippen LogP contribution in [-0.2, 0) is 0 Å². The fourth-order valence-corrected chi connectivity index (χ4v) is 3.22. The van der Waals surface area contributed by atoms with E-state index in [2.05, 4.69) is 68.7 Å². The van der Waals surface area contributed by atoms with Crippen molar-refractivity contribution in [1.29, 1.82) is 0 Å². The first-order valence-corrected chi connectivity index (χ1v) is 8.86.